The Kier molecular flexibility index (Phi) is 3.51. The zero-order valence-electron chi connectivity index (χ0n) is 8.49. The molecule has 0 aliphatic carbocycles. The lowest BCUT2D eigenvalue weighted by atomic mass is 10.1. The molecule has 0 saturated carbocycles. The van der Waals surface area contributed by atoms with E-state index in [2.05, 4.69) is 6.92 Å². The summed E-state index contributed by atoms with van der Waals surface area (Å²) in [5.41, 5.74) is 0.970. The fraction of sp³-hybridized carbons (Fsp3) is 0.364. The highest BCUT2D eigenvalue weighted by Crippen LogP contribution is 2.18. The van der Waals surface area contributed by atoms with Crippen LogP contribution in [0.15, 0.2) is 24.3 Å². The van der Waals surface area contributed by atoms with Crippen molar-refractivity contribution in [2.75, 3.05) is 18.5 Å². The van der Waals surface area contributed by atoms with Gasteiger partial charge in [-0.25, -0.2) is 0 Å². The molecule has 0 bridgehead atoms. The van der Waals surface area contributed by atoms with Crippen molar-refractivity contribution >= 4 is 11.7 Å². The molecule has 0 N–H and O–H groups in total. The highest BCUT2D eigenvalue weighted by atomic mass is 16.4. The van der Waals surface area contributed by atoms with E-state index in [-0.39, 0.29) is 5.56 Å². The van der Waals surface area contributed by atoms with Crippen LogP contribution in [0.4, 0.5) is 5.69 Å². The molecule has 1 aromatic rings. The van der Waals surface area contributed by atoms with E-state index in [1.54, 1.807) is 18.2 Å². The molecule has 0 atom stereocenters. The van der Waals surface area contributed by atoms with Crippen molar-refractivity contribution in [1.29, 1.82) is 0 Å². The first-order valence-corrected chi connectivity index (χ1v) is 4.68. The average molecular weight is 192 g/mol. The van der Waals surface area contributed by atoms with E-state index in [9.17, 15) is 9.90 Å². The minimum atomic E-state index is -1.12. The van der Waals surface area contributed by atoms with Gasteiger partial charge >= 0.3 is 0 Å². The number of carbonyl (C=O) groups is 1. The van der Waals surface area contributed by atoms with Crippen molar-refractivity contribution in [2.45, 2.75) is 13.3 Å². The van der Waals surface area contributed by atoms with Gasteiger partial charge in [0.25, 0.3) is 0 Å². The predicted molar refractivity (Wildman–Crippen MR) is 54.3 cm³/mol. The summed E-state index contributed by atoms with van der Waals surface area (Å²) in [5.74, 6) is -1.12. The summed E-state index contributed by atoms with van der Waals surface area (Å²) in [5, 5.41) is 10.8. The number of anilines is 1. The van der Waals surface area contributed by atoms with Gasteiger partial charge in [-0.15, -0.1) is 0 Å². The standard InChI is InChI=1S/C11H15NO2/c1-3-8-12(2)10-7-5-4-6-9(10)11(13)14/h4-7H,3,8H2,1-2H3,(H,13,14)/p-1. The van der Waals surface area contributed by atoms with Crippen LogP contribution < -0.4 is 10.0 Å². The van der Waals surface area contributed by atoms with Crippen molar-refractivity contribution < 1.29 is 9.90 Å². The van der Waals surface area contributed by atoms with Gasteiger partial charge in [0.2, 0.25) is 0 Å². The first kappa shape index (κ1) is 10.6. The number of para-hydroxylation sites is 1. The second kappa shape index (κ2) is 4.65. The summed E-state index contributed by atoms with van der Waals surface area (Å²) >= 11 is 0. The molecular weight excluding hydrogens is 178 g/mol. The van der Waals surface area contributed by atoms with Gasteiger partial charge < -0.3 is 14.8 Å². The average Bonchev–Trinajstić information content (AvgIpc) is 2.18. The lowest BCUT2D eigenvalue weighted by Gasteiger charge is -2.22. The van der Waals surface area contributed by atoms with Crippen molar-refractivity contribution in [2.24, 2.45) is 0 Å². The van der Waals surface area contributed by atoms with Gasteiger partial charge in [-0.3, -0.25) is 0 Å². The van der Waals surface area contributed by atoms with Crippen molar-refractivity contribution in [1.82, 2.24) is 0 Å². The van der Waals surface area contributed by atoms with Crippen molar-refractivity contribution in [3.05, 3.63) is 29.8 Å². The molecule has 0 unspecified atom stereocenters. The van der Waals surface area contributed by atoms with Gasteiger partial charge in [0, 0.05) is 24.8 Å². The molecule has 1 rings (SSSR count). The maximum absolute atomic E-state index is 10.8. The Bertz CT molecular complexity index is 323. The number of carboxylic acids is 1. The van der Waals surface area contributed by atoms with E-state index < -0.39 is 5.97 Å². The highest BCUT2D eigenvalue weighted by molar-refractivity contribution is 5.92. The van der Waals surface area contributed by atoms with Crippen LogP contribution in [-0.4, -0.2) is 19.6 Å². The van der Waals surface area contributed by atoms with Gasteiger partial charge in [-0.05, 0) is 12.5 Å². The zero-order valence-corrected chi connectivity index (χ0v) is 8.49. The number of hydrogen-bond acceptors (Lipinski definition) is 3. The van der Waals surface area contributed by atoms with Crippen LogP contribution in [0, 0.1) is 0 Å². The highest BCUT2D eigenvalue weighted by Gasteiger charge is 2.05. The Morgan fingerprint density at radius 2 is 2.07 bits per heavy atom. The molecule has 0 spiro atoms. The molecule has 0 aromatic heterocycles. The number of benzene rings is 1. The van der Waals surface area contributed by atoms with E-state index >= 15 is 0 Å². The smallest absolute Gasteiger partial charge is 0.0736 e. The molecule has 0 aliphatic rings. The minimum Gasteiger partial charge on any atom is -0.545 e. The van der Waals surface area contributed by atoms with Crippen LogP contribution in [0.25, 0.3) is 0 Å². The van der Waals surface area contributed by atoms with Crippen LogP contribution in [0.2, 0.25) is 0 Å². The van der Waals surface area contributed by atoms with Crippen molar-refractivity contribution in [3.8, 4) is 0 Å². The Balaban J connectivity index is 3.00. The second-order valence-corrected chi connectivity index (χ2v) is 3.23. The second-order valence-electron chi connectivity index (χ2n) is 3.23. The summed E-state index contributed by atoms with van der Waals surface area (Å²) < 4.78 is 0. The third-order valence-corrected chi connectivity index (χ3v) is 2.09. The van der Waals surface area contributed by atoms with E-state index in [1.165, 1.54) is 0 Å². The third-order valence-electron chi connectivity index (χ3n) is 2.09. The molecule has 3 heteroatoms. The molecule has 0 heterocycles. The SMILES string of the molecule is CCCN(C)c1ccccc1C(=O)[O-]. The fourth-order valence-electron chi connectivity index (χ4n) is 1.43. The first-order valence-electron chi connectivity index (χ1n) is 4.68. The number of nitrogens with zero attached hydrogens (tertiary/aromatic N) is 1. The number of hydrogen-bond donors (Lipinski definition) is 0. The van der Waals surface area contributed by atoms with Crippen LogP contribution >= 0.6 is 0 Å². The molecule has 3 nitrogen and oxygen atoms in total. The maximum atomic E-state index is 10.8. The predicted octanol–water partition coefficient (Wildman–Crippen LogP) is 0.896. The van der Waals surface area contributed by atoms with E-state index in [4.69, 9.17) is 0 Å². The largest absolute Gasteiger partial charge is 0.545 e. The van der Waals surface area contributed by atoms with Crippen molar-refractivity contribution in [3.63, 3.8) is 0 Å². The summed E-state index contributed by atoms with van der Waals surface area (Å²) in [4.78, 5) is 12.7. The molecule has 76 valence electrons. The fourth-order valence-corrected chi connectivity index (χ4v) is 1.43. The van der Waals surface area contributed by atoms with Gasteiger partial charge in [-0.1, -0.05) is 25.1 Å². The molecule has 0 fully saturated rings. The molecule has 0 saturated heterocycles. The van der Waals surface area contributed by atoms with Gasteiger partial charge in [0.15, 0.2) is 0 Å². The summed E-state index contributed by atoms with van der Waals surface area (Å²) in [6.45, 7) is 2.89. The number of carboxylic acid groups (broad SMARTS) is 1. The third kappa shape index (κ3) is 2.25. The Morgan fingerprint density at radius 3 is 2.64 bits per heavy atom. The Labute approximate surface area is 84.0 Å². The molecule has 14 heavy (non-hydrogen) atoms. The molecular formula is C11H14NO2-. The van der Waals surface area contributed by atoms with Crippen LogP contribution in [0.5, 0.6) is 0 Å². The monoisotopic (exact) mass is 192 g/mol. The first-order chi connectivity index (χ1) is 6.66. The molecule has 0 radical (unpaired) electrons. The number of rotatable bonds is 4. The minimum absolute atomic E-state index is 0.253. The lowest BCUT2D eigenvalue weighted by Crippen LogP contribution is -2.27. The van der Waals surface area contributed by atoms with Crippen LogP contribution in [-0.2, 0) is 0 Å². The van der Waals surface area contributed by atoms with E-state index in [1.807, 2.05) is 18.0 Å². The summed E-state index contributed by atoms with van der Waals surface area (Å²) in [6.07, 6.45) is 0.984. The van der Waals surface area contributed by atoms with Gasteiger partial charge in [-0.2, -0.15) is 0 Å². The van der Waals surface area contributed by atoms with Gasteiger partial charge in [0.1, 0.15) is 0 Å². The van der Waals surface area contributed by atoms with Gasteiger partial charge in [0.05, 0.1) is 5.97 Å². The Morgan fingerprint density at radius 1 is 1.43 bits per heavy atom. The topological polar surface area (TPSA) is 43.4 Å². The summed E-state index contributed by atoms with van der Waals surface area (Å²) in [6, 6.07) is 6.89. The van der Waals surface area contributed by atoms with Crippen LogP contribution in [0.1, 0.15) is 23.7 Å². The lowest BCUT2D eigenvalue weighted by molar-refractivity contribution is -0.254. The quantitative estimate of drug-likeness (QED) is 0.711. The number of aromatic carboxylic acids is 1. The maximum Gasteiger partial charge on any atom is 0.0736 e. The molecule has 1 aromatic carbocycles. The zero-order chi connectivity index (χ0) is 10.6. The summed E-state index contributed by atoms with van der Waals surface area (Å²) in [7, 11) is 1.88. The molecule has 0 amide bonds. The number of carbonyl (C=O) groups excluding carboxylic acids is 1. The van der Waals surface area contributed by atoms with Crippen LogP contribution in [0.3, 0.4) is 0 Å². The normalized spacial score (nSPS) is 9.86. The Hall–Kier alpha value is -1.51. The van der Waals surface area contributed by atoms with E-state index in [0.29, 0.717) is 5.69 Å². The van der Waals surface area contributed by atoms with E-state index in [0.717, 1.165) is 13.0 Å². The molecule has 0 aliphatic heterocycles.